The lowest BCUT2D eigenvalue weighted by molar-refractivity contribution is -0.140. The van der Waals surface area contributed by atoms with E-state index in [-0.39, 0.29) is 11.3 Å². The summed E-state index contributed by atoms with van der Waals surface area (Å²) in [7, 11) is 0. The number of amides is 1. The molecule has 4 rings (SSSR count). The maximum atomic E-state index is 13.4. The smallest absolute Gasteiger partial charge is 0.295 e. The summed E-state index contributed by atoms with van der Waals surface area (Å²) < 4.78 is 17.2. The second kappa shape index (κ2) is 12.9. The number of carbonyl (C=O) groups is 2. The molecule has 2 saturated heterocycles. The molecule has 0 bridgehead atoms. The lowest BCUT2D eigenvalue weighted by Gasteiger charge is -2.29. The van der Waals surface area contributed by atoms with Gasteiger partial charge in [-0.25, -0.2) is 0 Å². The van der Waals surface area contributed by atoms with Crippen molar-refractivity contribution < 1.29 is 28.9 Å². The van der Waals surface area contributed by atoms with E-state index >= 15 is 0 Å². The standard InChI is InChI=1S/C30H38N2O6/c1-4-17-38-24-12-11-23(20-25(24)37-5-2)27-26(28(33)22-9-7-21(3)8-10-22)29(34)30(35)32(27)14-6-13-31-15-18-36-19-16-31/h7-12,20,27,33H,4-6,13-19H2,1-3H3/b28-26+. The van der Waals surface area contributed by atoms with Gasteiger partial charge in [0, 0.05) is 31.7 Å². The summed E-state index contributed by atoms with van der Waals surface area (Å²) >= 11 is 0. The van der Waals surface area contributed by atoms with Crippen LogP contribution in [0.2, 0.25) is 0 Å². The molecular weight excluding hydrogens is 484 g/mol. The van der Waals surface area contributed by atoms with Gasteiger partial charge < -0.3 is 24.2 Å². The Hall–Kier alpha value is -3.36. The molecule has 0 radical (unpaired) electrons. The maximum Gasteiger partial charge on any atom is 0.295 e. The third kappa shape index (κ3) is 6.19. The highest BCUT2D eigenvalue weighted by Crippen LogP contribution is 2.42. The van der Waals surface area contributed by atoms with Crippen molar-refractivity contribution in [1.82, 2.24) is 9.80 Å². The maximum absolute atomic E-state index is 13.4. The Bertz CT molecular complexity index is 1150. The summed E-state index contributed by atoms with van der Waals surface area (Å²) in [5.74, 6) is -0.292. The molecule has 0 aliphatic carbocycles. The highest BCUT2D eigenvalue weighted by atomic mass is 16.5. The van der Waals surface area contributed by atoms with Crippen molar-refractivity contribution in [3.63, 3.8) is 0 Å². The third-order valence-corrected chi connectivity index (χ3v) is 6.89. The van der Waals surface area contributed by atoms with Gasteiger partial charge in [-0.05, 0) is 44.4 Å². The first-order chi connectivity index (χ1) is 18.4. The monoisotopic (exact) mass is 522 g/mol. The van der Waals surface area contributed by atoms with Crippen molar-refractivity contribution in [2.75, 3.05) is 52.6 Å². The van der Waals surface area contributed by atoms with Gasteiger partial charge >= 0.3 is 0 Å². The molecule has 2 heterocycles. The van der Waals surface area contributed by atoms with Gasteiger partial charge in [0.15, 0.2) is 11.5 Å². The molecular formula is C30H38N2O6. The Balaban J connectivity index is 1.72. The van der Waals surface area contributed by atoms with Gasteiger partial charge in [0.05, 0.1) is 38.0 Å². The molecule has 0 spiro atoms. The van der Waals surface area contributed by atoms with Gasteiger partial charge in [-0.15, -0.1) is 0 Å². The van der Waals surface area contributed by atoms with Crippen molar-refractivity contribution >= 4 is 17.4 Å². The van der Waals surface area contributed by atoms with Gasteiger partial charge in [-0.2, -0.15) is 0 Å². The van der Waals surface area contributed by atoms with Gasteiger partial charge in [-0.1, -0.05) is 42.8 Å². The number of carbonyl (C=O) groups excluding carboxylic acids is 2. The number of morpholine rings is 1. The molecule has 8 nitrogen and oxygen atoms in total. The van der Waals surface area contributed by atoms with Crippen molar-refractivity contribution in [1.29, 1.82) is 0 Å². The number of aliphatic hydroxyl groups excluding tert-OH is 1. The van der Waals surface area contributed by atoms with Crippen LogP contribution in [0.4, 0.5) is 0 Å². The number of hydrogen-bond acceptors (Lipinski definition) is 7. The van der Waals surface area contributed by atoms with Crippen molar-refractivity contribution in [3.05, 3.63) is 64.7 Å². The molecule has 38 heavy (non-hydrogen) atoms. The van der Waals surface area contributed by atoms with Crippen LogP contribution in [0.3, 0.4) is 0 Å². The topological polar surface area (TPSA) is 88.5 Å². The average Bonchev–Trinajstić information content (AvgIpc) is 3.18. The van der Waals surface area contributed by atoms with Crippen LogP contribution in [0.15, 0.2) is 48.0 Å². The molecule has 2 aliphatic heterocycles. The number of rotatable bonds is 11. The fraction of sp³-hybridized carbons (Fsp3) is 0.467. The first kappa shape index (κ1) is 27.7. The number of aliphatic hydroxyl groups is 1. The van der Waals surface area contributed by atoms with E-state index in [0.717, 1.165) is 31.6 Å². The number of nitrogens with zero attached hydrogens (tertiary/aromatic N) is 2. The number of Topliss-reactive ketones (excluding diaryl/α,β-unsaturated/α-hetero) is 1. The SMILES string of the molecule is CCCOc1ccc(C2/C(=C(\O)c3ccc(C)cc3)C(=O)C(=O)N2CCCN2CCOCC2)cc1OCC. The molecule has 1 amide bonds. The van der Waals surface area contributed by atoms with Crippen LogP contribution < -0.4 is 9.47 Å². The number of ketones is 1. The van der Waals surface area contributed by atoms with Crippen LogP contribution in [-0.4, -0.2) is 79.2 Å². The summed E-state index contributed by atoms with van der Waals surface area (Å²) in [5.41, 5.74) is 2.32. The molecule has 0 saturated carbocycles. The fourth-order valence-electron chi connectivity index (χ4n) is 4.91. The Morgan fingerprint density at radius 1 is 1.00 bits per heavy atom. The molecule has 2 aromatic rings. The normalized spacial score (nSPS) is 19.7. The zero-order valence-corrected chi connectivity index (χ0v) is 22.6. The average molecular weight is 523 g/mol. The Kier molecular flexibility index (Phi) is 9.42. The number of hydrogen-bond donors (Lipinski definition) is 1. The number of aryl methyl sites for hydroxylation is 1. The first-order valence-corrected chi connectivity index (χ1v) is 13.5. The van der Waals surface area contributed by atoms with Gasteiger partial charge in [-0.3, -0.25) is 14.5 Å². The lowest BCUT2D eigenvalue weighted by Crippen LogP contribution is -2.39. The molecule has 1 unspecified atom stereocenters. The van der Waals surface area contributed by atoms with Crippen molar-refractivity contribution in [2.24, 2.45) is 0 Å². The zero-order valence-electron chi connectivity index (χ0n) is 22.6. The largest absolute Gasteiger partial charge is 0.507 e. The summed E-state index contributed by atoms with van der Waals surface area (Å²) in [6.45, 7) is 11.2. The third-order valence-electron chi connectivity index (χ3n) is 6.89. The Labute approximate surface area is 224 Å². The summed E-state index contributed by atoms with van der Waals surface area (Å²) in [4.78, 5) is 30.6. The zero-order chi connectivity index (χ0) is 27.1. The summed E-state index contributed by atoms with van der Waals surface area (Å²) in [5, 5.41) is 11.3. The number of benzene rings is 2. The van der Waals surface area contributed by atoms with E-state index < -0.39 is 17.7 Å². The lowest BCUT2D eigenvalue weighted by atomic mass is 9.94. The Morgan fingerprint density at radius 2 is 1.74 bits per heavy atom. The van der Waals surface area contributed by atoms with Gasteiger partial charge in [0.2, 0.25) is 0 Å². The van der Waals surface area contributed by atoms with Gasteiger partial charge in [0.25, 0.3) is 11.7 Å². The number of ether oxygens (including phenoxy) is 3. The molecule has 1 N–H and O–H groups in total. The van der Waals surface area contributed by atoms with E-state index in [9.17, 15) is 14.7 Å². The molecule has 1 atom stereocenters. The Morgan fingerprint density at radius 3 is 2.42 bits per heavy atom. The minimum absolute atomic E-state index is 0.0925. The molecule has 2 aliphatic rings. The fourth-order valence-corrected chi connectivity index (χ4v) is 4.91. The second-order valence-electron chi connectivity index (χ2n) is 9.65. The van der Waals surface area contributed by atoms with Crippen LogP contribution in [0.1, 0.15) is 49.4 Å². The quantitative estimate of drug-likeness (QED) is 0.267. The van der Waals surface area contributed by atoms with E-state index in [1.54, 1.807) is 17.0 Å². The van der Waals surface area contributed by atoms with E-state index in [0.29, 0.717) is 62.0 Å². The highest BCUT2D eigenvalue weighted by Gasteiger charge is 2.46. The minimum Gasteiger partial charge on any atom is -0.507 e. The van der Waals surface area contributed by atoms with Crippen LogP contribution in [0, 0.1) is 6.92 Å². The van der Waals surface area contributed by atoms with Crippen LogP contribution in [0.25, 0.3) is 5.76 Å². The van der Waals surface area contributed by atoms with E-state index in [1.807, 2.05) is 51.1 Å². The molecule has 2 fully saturated rings. The predicted molar refractivity (Wildman–Crippen MR) is 145 cm³/mol. The van der Waals surface area contributed by atoms with E-state index in [1.165, 1.54) is 0 Å². The summed E-state index contributed by atoms with van der Waals surface area (Å²) in [6, 6.07) is 12.0. The molecule has 0 aromatic heterocycles. The van der Waals surface area contributed by atoms with Crippen LogP contribution >= 0.6 is 0 Å². The van der Waals surface area contributed by atoms with Crippen molar-refractivity contribution in [3.8, 4) is 11.5 Å². The highest BCUT2D eigenvalue weighted by molar-refractivity contribution is 6.46. The first-order valence-electron chi connectivity index (χ1n) is 13.5. The van der Waals surface area contributed by atoms with Gasteiger partial charge in [0.1, 0.15) is 5.76 Å². The van der Waals surface area contributed by atoms with Crippen LogP contribution in [-0.2, 0) is 14.3 Å². The van der Waals surface area contributed by atoms with Crippen LogP contribution in [0.5, 0.6) is 11.5 Å². The predicted octanol–water partition coefficient (Wildman–Crippen LogP) is 4.33. The summed E-state index contributed by atoms with van der Waals surface area (Å²) in [6.07, 6.45) is 1.55. The van der Waals surface area contributed by atoms with E-state index in [2.05, 4.69) is 4.90 Å². The van der Waals surface area contributed by atoms with E-state index in [4.69, 9.17) is 14.2 Å². The van der Waals surface area contributed by atoms with Crippen molar-refractivity contribution in [2.45, 2.75) is 39.7 Å². The second-order valence-corrected chi connectivity index (χ2v) is 9.65. The molecule has 8 heteroatoms. The number of likely N-dealkylation sites (tertiary alicyclic amines) is 1. The minimum atomic E-state index is -0.736. The molecule has 204 valence electrons. The molecule has 2 aromatic carbocycles.